The molecule has 0 spiro atoms. The first-order valence-electron chi connectivity index (χ1n) is 9.59. The Kier molecular flexibility index (Phi) is 6.22. The van der Waals surface area contributed by atoms with Crippen LogP contribution in [-0.4, -0.2) is 24.6 Å². The van der Waals surface area contributed by atoms with Gasteiger partial charge in [0, 0.05) is 24.3 Å². The van der Waals surface area contributed by atoms with E-state index in [1.807, 2.05) is 23.9 Å². The monoisotopic (exact) mass is 407 g/mol. The zero-order valence-corrected chi connectivity index (χ0v) is 16.9. The normalized spacial score (nSPS) is 26.0. The second kappa shape index (κ2) is 8.82. The van der Waals surface area contributed by atoms with Gasteiger partial charge in [0.2, 0.25) is 5.91 Å². The summed E-state index contributed by atoms with van der Waals surface area (Å²) < 4.78 is 10.9. The highest BCUT2D eigenvalue weighted by Gasteiger charge is 2.38. The number of ether oxygens (including phenoxy) is 1. The Bertz CT molecular complexity index is 731. The van der Waals surface area contributed by atoms with Gasteiger partial charge in [-0.05, 0) is 55.7 Å². The second-order valence-electron chi connectivity index (χ2n) is 7.06. The molecule has 2 atom stereocenters. The van der Waals surface area contributed by atoms with Gasteiger partial charge < -0.3 is 9.15 Å². The van der Waals surface area contributed by atoms with Gasteiger partial charge in [-0.25, -0.2) is 10.3 Å². The molecule has 0 saturated carbocycles. The lowest BCUT2D eigenvalue weighted by molar-refractivity contribution is -0.200. The maximum Gasteiger partial charge on any atom is 0.245 e. The molecule has 0 aromatic carbocycles. The molecule has 2 aromatic heterocycles. The Morgan fingerprint density at radius 1 is 1.26 bits per heavy atom. The summed E-state index contributed by atoms with van der Waals surface area (Å²) in [6.07, 6.45) is 8.11. The molecule has 5 nitrogen and oxygen atoms in total. The first kappa shape index (κ1) is 19.1. The smallest absolute Gasteiger partial charge is 0.245 e. The number of carbonyl (C=O) groups is 1. The highest BCUT2D eigenvalue weighted by Crippen LogP contribution is 2.50. The van der Waals surface area contributed by atoms with Crippen molar-refractivity contribution in [1.29, 1.82) is 0 Å². The van der Waals surface area contributed by atoms with E-state index < -0.39 is 0 Å². The Hall–Kier alpha value is -1.28. The van der Waals surface area contributed by atoms with Crippen molar-refractivity contribution in [2.24, 2.45) is 0 Å². The van der Waals surface area contributed by atoms with Crippen LogP contribution in [0.25, 0.3) is 10.6 Å². The minimum absolute atomic E-state index is 0.0773. The van der Waals surface area contributed by atoms with Crippen LogP contribution in [0, 0.1) is 0 Å². The van der Waals surface area contributed by atoms with Crippen molar-refractivity contribution < 1.29 is 18.8 Å². The van der Waals surface area contributed by atoms with E-state index in [2.05, 4.69) is 17.6 Å². The van der Waals surface area contributed by atoms with Crippen molar-refractivity contribution >= 4 is 29.0 Å². The molecular weight excluding hydrogens is 382 g/mol. The number of rotatable bonds is 6. The average Bonchev–Trinajstić information content (AvgIpc) is 3.40. The van der Waals surface area contributed by atoms with Gasteiger partial charge in [0.15, 0.2) is 6.29 Å². The third-order valence-corrected chi connectivity index (χ3v) is 8.11. The third-order valence-electron chi connectivity index (χ3n) is 5.06. The second-order valence-corrected chi connectivity index (χ2v) is 9.62. The van der Waals surface area contributed by atoms with Gasteiger partial charge in [-0.1, -0.05) is 6.42 Å². The van der Waals surface area contributed by atoms with E-state index in [9.17, 15) is 4.79 Å². The van der Waals surface area contributed by atoms with E-state index in [0.717, 1.165) is 48.5 Å². The van der Waals surface area contributed by atoms with Gasteiger partial charge in [0.25, 0.3) is 0 Å². The maximum absolute atomic E-state index is 12.6. The lowest BCUT2D eigenvalue weighted by atomic mass is 9.94. The van der Waals surface area contributed by atoms with Crippen LogP contribution in [0.4, 0.5) is 0 Å². The minimum Gasteiger partial charge on any atom is -0.464 e. The summed E-state index contributed by atoms with van der Waals surface area (Å²) in [6, 6.07) is 8.12. The van der Waals surface area contributed by atoms with Crippen molar-refractivity contribution in [2.45, 2.75) is 56.0 Å². The molecule has 27 heavy (non-hydrogen) atoms. The van der Waals surface area contributed by atoms with Gasteiger partial charge in [-0.3, -0.25) is 4.79 Å². The molecule has 1 N–H and O–H groups in total. The van der Waals surface area contributed by atoms with Crippen LogP contribution in [0.1, 0.15) is 49.8 Å². The molecule has 2 aromatic rings. The first-order valence-corrected chi connectivity index (χ1v) is 11.4. The zero-order chi connectivity index (χ0) is 18.5. The fraction of sp³-hybridized carbons (Fsp3) is 0.550. The molecule has 1 unspecified atom stereocenters. The Labute approximate surface area is 167 Å². The SMILES string of the molecule is O=C(C[C@]1(c2ccc(-c3ccco3)s2)CCCCS1)NOC1CCCCO1. The summed E-state index contributed by atoms with van der Waals surface area (Å²) >= 11 is 3.62. The summed E-state index contributed by atoms with van der Waals surface area (Å²) in [5.41, 5.74) is 2.64. The fourth-order valence-electron chi connectivity index (χ4n) is 3.64. The van der Waals surface area contributed by atoms with E-state index in [1.54, 1.807) is 17.6 Å². The van der Waals surface area contributed by atoms with Crippen molar-refractivity contribution in [3.05, 3.63) is 35.4 Å². The van der Waals surface area contributed by atoms with E-state index >= 15 is 0 Å². The molecule has 2 aliphatic rings. The van der Waals surface area contributed by atoms with E-state index in [4.69, 9.17) is 14.0 Å². The number of thioether (sulfide) groups is 1. The number of hydroxylamine groups is 1. The van der Waals surface area contributed by atoms with Crippen LogP contribution in [0.3, 0.4) is 0 Å². The highest BCUT2D eigenvalue weighted by molar-refractivity contribution is 8.00. The summed E-state index contributed by atoms with van der Waals surface area (Å²) in [5, 5.41) is 0. The topological polar surface area (TPSA) is 60.7 Å². The largest absolute Gasteiger partial charge is 0.464 e. The van der Waals surface area contributed by atoms with Crippen molar-refractivity contribution in [3.8, 4) is 10.6 Å². The molecule has 0 radical (unpaired) electrons. The standard InChI is InChI=1S/C20H25NO4S2/c22-18(21-25-19-7-1-3-11-24-19)14-20(10-2-4-13-26-20)17-9-8-16(27-17)15-6-5-12-23-15/h5-6,8-9,12,19H,1-4,7,10-11,13-14H2,(H,21,22)/t19?,20-/m0/s1. The Balaban J connectivity index is 1.44. The molecular formula is C20H25NO4S2. The van der Waals surface area contributed by atoms with Crippen molar-refractivity contribution in [2.75, 3.05) is 12.4 Å². The number of furan rings is 1. The number of carbonyl (C=O) groups excluding carboxylic acids is 1. The number of thiophene rings is 1. The van der Waals surface area contributed by atoms with Gasteiger partial charge in [0.1, 0.15) is 5.76 Å². The van der Waals surface area contributed by atoms with Crippen LogP contribution in [0.5, 0.6) is 0 Å². The summed E-state index contributed by atoms with van der Waals surface area (Å²) in [4.78, 5) is 20.5. The first-order chi connectivity index (χ1) is 13.3. The maximum atomic E-state index is 12.6. The summed E-state index contributed by atoms with van der Waals surface area (Å²) in [7, 11) is 0. The molecule has 4 rings (SSSR count). The summed E-state index contributed by atoms with van der Waals surface area (Å²) in [6.45, 7) is 0.699. The van der Waals surface area contributed by atoms with E-state index in [1.165, 1.54) is 11.3 Å². The van der Waals surface area contributed by atoms with E-state index in [0.29, 0.717) is 13.0 Å². The molecule has 0 aliphatic carbocycles. The van der Waals surface area contributed by atoms with Crippen LogP contribution in [0.15, 0.2) is 34.9 Å². The van der Waals surface area contributed by atoms with Crippen molar-refractivity contribution in [3.63, 3.8) is 0 Å². The molecule has 2 fully saturated rings. The highest BCUT2D eigenvalue weighted by atomic mass is 32.2. The molecule has 2 aliphatic heterocycles. The number of hydrogen-bond donors (Lipinski definition) is 1. The van der Waals surface area contributed by atoms with Crippen LogP contribution >= 0.6 is 23.1 Å². The fourth-order valence-corrected chi connectivity index (χ4v) is 6.50. The van der Waals surface area contributed by atoms with Crippen LogP contribution in [0.2, 0.25) is 0 Å². The Morgan fingerprint density at radius 2 is 2.22 bits per heavy atom. The molecule has 146 valence electrons. The number of hydrogen-bond acceptors (Lipinski definition) is 6. The number of amides is 1. The molecule has 4 heterocycles. The van der Waals surface area contributed by atoms with E-state index in [-0.39, 0.29) is 16.9 Å². The predicted octanol–water partition coefficient (Wildman–Crippen LogP) is 5.09. The lowest BCUT2D eigenvalue weighted by Crippen LogP contribution is -2.37. The van der Waals surface area contributed by atoms with Gasteiger partial charge in [-0.2, -0.15) is 0 Å². The van der Waals surface area contributed by atoms with Gasteiger partial charge in [-0.15, -0.1) is 23.1 Å². The zero-order valence-electron chi connectivity index (χ0n) is 15.3. The predicted molar refractivity (Wildman–Crippen MR) is 107 cm³/mol. The summed E-state index contributed by atoms with van der Waals surface area (Å²) in [5.74, 6) is 1.88. The molecule has 7 heteroatoms. The van der Waals surface area contributed by atoms with Gasteiger partial charge in [0.05, 0.1) is 15.9 Å². The van der Waals surface area contributed by atoms with Crippen LogP contribution < -0.4 is 5.48 Å². The average molecular weight is 408 g/mol. The number of nitrogens with one attached hydrogen (secondary N) is 1. The quantitative estimate of drug-likeness (QED) is 0.676. The molecule has 0 bridgehead atoms. The Morgan fingerprint density at radius 3 is 2.96 bits per heavy atom. The minimum atomic E-state index is -0.315. The van der Waals surface area contributed by atoms with Gasteiger partial charge >= 0.3 is 0 Å². The molecule has 1 amide bonds. The van der Waals surface area contributed by atoms with Crippen LogP contribution in [-0.2, 0) is 19.1 Å². The third kappa shape index (κ3) is 4.59. The van der Waals surface area contributed by atoms with Crippen molar-refractivity contribution in [1.82, 2.24) is 5.48 Å². The molecule has 2 saturated heterocycles. The lowest BCUT2D eigenvalue weighted by Gasteiger charge is -2.35.